The van der Waals surface area contributed by atoms with Crippen LogP contribution in [0.25, 0.3) is 0 Å². The molecule has 0 saturated carbocycles. The van der Waals surface area contributed by atoms with Gasteiger partial charge in [0.25, 0.3) is 0 Å². The second-order valence-corrected chi connectivity index (χ2v) is 2.45. The number of hydrogen-bond donors (Lipinski definition) is 1. The molecule has 1 aromatic rings. The van der Waals surface area contributed by atoms with E-state index >= 15 is 0 Å². The summed E-state index contributed by atoms with van der Waals surface area (Å²) in [7, 11) is 0. The number of halogens is 1. The van der Waals surface area contributed by atoms with Crippen LogP contribution < -0.4 is 10.1 Å². The van der Waals surface area contributed by atoms with E-state index in [1.165, 1.54) is 12.3 Å². The largest absolute Gasteiger partial charge is 0.414 e. The van der Waals surface area contributed by atoms with Crippen LogP contribution in [0.3, 0.4) is 0 Å². The van der Waals surface area contributed by atoms with Crippen molar-refractivity contribution in [2.45, 2.75) is 0 Å². The van der Waals surface area contributed by atoms with Crippen LogP contribution in [0.15, 0.2) is 12.3 Å². The van der Waals surface area contributed by atoms with Gasteiger partial charge in [-0.25, -0.2) is 9.78 Å². The number of nitrogens with one attached hydrogen (secondary N) is 1. The highest BCUT2D eigenvalue weighted by Crippen LogP contribution is 2.07. The first kappa shape index (κ1) is 10.3. The topological polar surface area (TPSA) is 64.1 Å². The van der Waals surface area contributed by atoms with Gasteiger partial charge in [-0.2, -0.15) is 4.98 Å². The van der Waals surface area contributed by atoms with Crippen LogP contribution in [0.2, 0.25) is 5.28 Å². The molecule has 0 aliphatic carbocycles. The lowest BCUT2D eigenvalue weighted by Gasteiger charge is -2.02. The minimum Gasteiger partial charge on any atom is -0.391 e. The Morgan fingerprint density at radius 3 is 3.21 bits per heavy atom. The Kier molecular flexibility index (Phi) is 3.70. The maximum Gasteiger partial charge on any atom is 0.414 e. The Hall–Kier alpha value is -1.80. The fourth-order valence-corrected chi connectivity index (χ4v) is 0.770. The Morgan fingerprint density at radius 2 is 2.57 bits per heavy atom. The molecule has 0 atom stereocenters. The number of carbonyl (C=O) groups is 1. The van der Waals surface area contributed by atoms with E-state index in [0.717, 1.165) is 0 Å². The third-order valence-corrected chi connectivity index (χ3v) is 1.31. The summed E-state index contributed by atoms with van der Waals surface area (Å²) in [6.45, 7) is 0.0949. The highest BCUT2D eigenvalue weighted by Gasteiger charge is 2.04. The predicted octanol–water partition coefficient (Wildman–Crippen LogP) is 0.852. The summed E-state index contributed by atoms with van der Waals surface area (Å²) in [6.07, 6.45) is 5.62. The molecule has 5 nitrogen and oxygen atoms in total. The van der Waals surface area contributed by atoms with Gasteiger partial charge in [0.05, 0.1) is 6.54 Å². The van der Waals surface area contributed by atoms with Gasteiger partial charge in [-0.05, 0) is 11.6 Å². The highest BCUT2D eigenvalue weighted by molar-refractivity contribution is 6.28. The molecule has 6 heteroatoms. The van der Waals surface area contributed by atoms with Gasteiger partial charge < -0.3 is 10.1 Å². The third-order valence-electron chi connectivity index (χ3n) is 1.13. The molecule has 0 aromatic carbocycles. The van der Waals surface area contributed by atoms with Gasteiger partial charge in [0.15, 0.2) is 0 Å². The van der Waals surface area contributed by atoms with Gasteiger partial charge in [0, 0.05) is 12.3 Å². The standard InChI is InChI=1S/C8H6ClN3O2/c1-2-4-11-8(13)14-6-3-5-10-7(9)12-6/h1,3,5H,4H2,(H,11,13). The van der Waals surface area contributed by atoms with Crippen molar-refractivity contribution in [3.8, 4) is 18.2 Å². The summed E-state index contributed by atoms with van der Waals surface area (Å²) >= 11 is 5.47. The molecule has 72 valence electrons. The number of carbonyl (C=O) groups excluding carboxylic acids is 1. The Morgan fingerprint density at radius 1 is 1.79 bits per heavy atom. The number of amides is 1. The molecule has 0 unspecified atom stereocenters. The predicted molar refractivity (Wildman–Crippen MR) is 49.9 cm³/mol. The minimum atomic E-state index is -0.683. The number of rotatable bonds is 2. The smallest absolute Gasteiger partial charge is 0.391 e. The number of terminal acetylenes is 1. The summed E-state index contributed by atoms with van der Waals surface area (Å²) in [5, 5.41) is 2.31. The van der Waals surface area contributed by atoms with E-state index in [-0.39, 0.29) is 17.7 Å². The fraction of sp³-hybridized carbons (Fsp3) is 0.125. The van der Waals surface area contributed by atoms with Gasteiger partial charge in [-0.1, -0.05) is 5.92 Å². The molecular formula is C8H6ClN3O2. The normalized spacial score (nSPS) is 8.86. The van der Waals surface area contributed by atoms with Crippen molar-refractivity contribution < 1.29 is 9.53 Å². The van der Waals surface area contributed by atoms with Crippen molar-refractivity contribution in [3.63, 3.8) is 0 Å². The lowest BCUT2D eigenvalue weighted by atomic mass is 10.6. The zero-order valence-corrected chi connectivity index (χ0v) is 7.78. The Bertz CT molecular complexity index is 375. The van der Waals surface area contributed by atoms with Gasteiger partial charge >= 0.3 is 6.09 Å². The van der Waals surface area contributed by atoms with Gasteiger partial charge in [0.1, 0.15) is 0 Å². The van der Waals surface area contributed by atoms with Gasteiger partial charge in [0.2, 0.25) is 11.2 Å². The van der Waals surface area contributed by atoms with Gasteiger partial charge in [-0.3, -0.25) is 0 Å². The quantitative estimate of drug-likeness (QED) is 0.582. The van der Waals surface area contributed by atoms with E-state index in [1.807, 2.05) is 0 Å². The van der Waals surface area contributed by atoms with Crippen molar-refractivity contribution >= 4 is 17.7 Å². The molecule has 0 fully saturated rings. The Balaban J connectivity index is 2.53. The van der Waals surface area contributed by atoms with E-state index in [4.69, 9.17) is 22.8 Å². The van der Waals surface area contributed by atoms with Gasteiger partial charge in [-0.15, -0.1) is 6.42 Å². The number of nitrogens with zero attached hydrogens (tertiary/aromatic N) is 2. The average molecular weight is 212 g/mol. The molecule has 0 aliphatic rings. The van der Waals surface area contributed by atoms with E-state index in [2.05, 4.69) is 21.2 Å². The van der Waals surface area contributed by atoms with E-state index < -0.39 is 6.09 Å². The lowest BCUT2D eigenvalue weighted by Crippen LogP contribution is -2.27. The van der Waals surface area contributed by atoms with Crippen LogP contribution in [-0.2, 0) is 0 Å². The molecule has 0 saturated heterocycles. The minimum absolute atomic E-state index is 0.00671. The first-order valence-electron chi connectivity index (χ1n) is 3.60. The van der Waals surface area contributed by atoms with E-state index in [0.29, 0.717) is 0 Å². The van der Waals surface area contributed by atoms with Crippen molar-refractivity contribution in [3.05, 3.63) is 17.5 Å². The van der Waals surface area contributed by atoms with E-state index in [9.17, 15) is 4.79 Å². The Labute approximate surface area is 85.5 Å². The molecule has 1 rings (SSSR count). The third kappa shape index (κ3) is 3.29. The van der Waals surface area contributed by atoms with Crippen LogP contribution in [0, 0.1) is 12.3 Å². The zero-order valence-electron chi connectivity index (χ0n) is 7.03. The molecule has 1 heterocycles. The first-order valence-corrected chi connectivity index (χ1v) is 3.98. The van der Waals surface area contributed by atoms with Crippen molar-refractivity contribution in [2.75, 3.05) is 6.54 Å². The maximum absolute atomic E-state index is 11.0. The van der Waals surface area contributed by atoms with Crippen LogP contribution in [0.1, 0.15) is 0 Å². The SMILES string of the molecule is C#CCNC(=O)Oc1ccnc(Cl)n1. The first-order chi connectivity index (χ1) is 6.72. The molecule has 1 aromatic heterocycles. The fourth-order valence-electron chi connectivity index (χ4n) is 0.631. The van der Waals surface area contributed by atoms with Crippen LogP contribution in [0.5, 0.6) is 5.88 Å². The molecule has 0 spiro atoms. The van der Waals surface area contributed by atoms with E-state index in [1.54, 1.807) is 0 Å². The summed E-state index contributed by atoms with van der Waals surface area (Å²) in [5.74, 6) is 2.29. The average Bonchev–Trinajstić information content (AvgIpc) is 2.15. The number of hydrogen-bond acceptors (Lipinski definition) is 4. The van der Waals surface area contributed by atoms with Crippen molar-refractivity contribution in [1.29, 1.82) is 0 Å². The molecule has 1 N–H and O–H groups in total. The van der Waals surface area contributed by atoms with Crippen LogP contribution in [0.4, 0.5) is 4.79 Å². The molecule has 0 radical (unpaired) electrons. The number of ether oxygens (including phenoxy) is 1. The number of aromatic nitrogens is 2. The zero-order chi connectivity index (χ0) is 10.4. The summed E-state index contributed by atoms with van der Waals surface area (Å²) in [4.78, 5) is 18.2. The molecule has 1 amide bonds. The molecule has 14 heavy (non-hydrogen) atoms. The molecule has 0 aliphatic heterocycles. The summed E-state index contributed by atoms with van der Waals surface area (Å²) < 4.78 is 4.72. The summed E-state index contributed by atoms with van der Waals surface area (Å²) in [6, 6.07) is 1.40. The van der Waals surface area contributed by atoms with Crippen LogP contribution in [-0.4, -0.2) is 22.6 Å². The highest BCUT2D eigenvalue weighted by atomic mass is 35.5. The maximum atomic E-state index is 11.0. The lowest BCUT2D eigenvalue weighted by molar-refractivity contribution is 0.200. The molecule has 0 bridgehead atoms. The second-order valence-electron chi connectivity index (χ2n) is 2.11. The summed E-state index contributed by atoms with van der Waals surface area (Å²) in [5.41, 5.74) is 0. The van der Waals surface area contributed by atoms with Crippen molar-refractivity contribution in [2.24, 2.45) is 0 Å². The molecular weight excluding hydrogens is 206 g/mol. The van der Waals surface area contributed by atoms with Crippen LogP contribution >= 0.6 is 11.6 Å². The second kappa shape index (κ2) is 5.04. The monoisotopic (exact) mass is 211 g/mol. The van der Waals surface area contributed by atoms with Crippen molar-refractivity contribution in [1.82, 2.24) is 15.3 Å².